The number of rotatable bonds is 7. The number of hydrogen-bond donors (Lipinski definition) is 3. The molecule has 0 aliphatic rings. The first kappa shape index (κ1) is 16.9. The predicted octanol–water partition coefficient (Wildman–Crippen LogP) is 2.27. The lowest BCUT2D eigenvalue weighted by Crippen LogP contribution is -2.42. The first-order chi connectivity index (χ1) is 9.81. The fourth-order valence-corrected chi connectivity index (χ4v) is 1.81. The smallest absolute Gasteiger partial charge is 0.314 e. The fourth-order valence-electron chi connectivity index (χ4n) is 1.81. The zero-order chi connectivity index (χ0) is 15.9. The van der Waals surface area contributed by atoms with E-state index in [2.05, 4.69) is 10.6 Å². The Morgan fingerprint density at radius 2 is 1.81 bits per heavy atom. The highest BCUT2D eigenvalue weighted by atomic mass is 19.1. The Hall–Kier alpha value is -2.11. The van der Waals surface area contributed by atoms with Gasteiger partial charge in [0, 0.05) is 24.9 Å². The summed E-state index contributed by atoms with van der Waals surface area (Å²) in [5.74, 6) is -1.17. The van der Waals surface area contributed by atoms with Crippen LogP contribution in [0.1, 0.15) is 32.3 Å². The van der Waals surface area contributed by atoms with Gasteiger partial charge in [0.05, 0.1) is 0 Å². The molecule has 0 aliphatic heterocycles. The topological polar surface area (TPSA) is 78.4 Å². The molecule has 0 bridgehead atoms. The van der Waals surface area contributed by atoms with Crippen molar-refractivity contribution in [2.24, 2.45) is 0 Å². The molecule has 0 saturated carbocycles. The molecule has 0 spiro atoms. The van der Waals surface area contributed by atoms with Crippen molar-refractivity contribution >= 4 is 12.0 Å². The molecule has 21 heavy (non-hydrogen) atoms. The number of carbonyl (C=O) groups is 2. The fraction of sp³-hybridized carbons (Fsp3) is 0.467. The molecule has 0 radical (unpaired) electrons. The Morgan fingerprint density at radius 3 is 2.38 bits per heavy atom. The van der Waals surface area contributed by atoms with Crippen LogP contribution >= 0.6 is 0 Å². The third-order valence-corrected chi connectivity index (χ3v) is 3.17. The van der Waals surface area contributed by atoms with E-state index < -0.39 is 5.97 Å². The van der Waals surface area contributed by atoms with Crippen LogP contribution in [0.15, 0.2) is 24.3 Å². The van der Waals surface area contributed by atoms with E-state index in [1.165, 1.54) is 12.1 Å². The van der Waals surface area contributed by atoms with Crippen molar-refractivity contribution in [2.45, 2.75) is 32.1 Å². The van der Waals surface area contributed by atoms with E-state index >= 15 is 0 Å². The number of benzene rings is 1. The Morgan fingerprint density at radius 1 is 1.19 bits per heavy atom. The second-order valence-electron chi connectivity index (χ2n) is 5.50. The first-order valence-corrected chi connectivity index (χ1v) is 6.81. The third-order valence-electron chi connectivity index (χ3n) is 3.17. The standard InChI is InChI=1S/C15H21FN2O3/c1-15(2,11-5-7-12(16)8-6-11)10-18-14(21)17-9-3-4-13(19)20/h5-8H,3-4,9-10H2,1-2H3,(H,19,20)(H2,17,18,21). The van der Waals surface area contributed by atoms with Crippen molar-refractivity contribution in [3.05, 3.63) is 35.6 Å². The lowest BCUT2D eigenvalue weighted by Gasteiger charge is -2.25. The van der Waals surface area contributed by atoms with Crippen molar-refractivity contribution in [1.82, 2.24) is 10.6 Å². The van der Waals surface area contributed by atoms with Crippen molar-refractivity contribution in [1.29, 1.82) is 0 Å². The number of carboxylic acids is 1. The summed E-state index contributed by atoms with van der Waals surface area (Å²) in [6.07, 6.45) is 0.422. The number of aliphatic carboxylic acids is 1. The van der Waals surface area contributed by atoms with Gasteiger partial charge >= 0.3 is 12.0 Å². The van der Waals surface area contributed by atoms with E-state index in [-0.39, 0.29) is 23.7 Å². The molecule has 1 aromatic carbocycles. The van der Waals surface area contributed by atoms with Crippen LogP contribution in [0.3, 0.4) is 0 Å². The summed E-state index contributed by atoms with van der Waals surface area (Å²) in [5, 5.41) is 13.8. The van der Waals surface area contributed by atoms with Crippen molar-refractivity contribution in [3.8, 4) is 0 Å². The van der Waals surface area contributed by atoms with E-state index in [9.17, 15) is 14.0 Å². The number of urea groups is 1. The molecule has 0 unspecified atom stereocenters. The predicted molar refractivity (Wildman–Crippen MR) is 77.7 cm³/mol. The maximum Gasteiger partial charge on any atom is 0.314 e. The van der Waals surface area contributed by atoms with Gasteiger partial charge in [0.1, 0.15) is 5.82 Å². The maximum atomic E-state index is 12.9. The van der Waals surface area contributed by atoms with Gasteiger partial charge in [-0.05, 0) is 24.1 Å². The summed E-state index contributed by atoms with van der Waals surface area (Å²) in [4.78, 5) is 21.9. The van der Waals surface area contributed by atoms with Gasteiger partial charge in [-0.2, -0.15) is 0 Å². The largest absolute Gasteiger partial charge is 0.481 e. The zero-order valence-electron chi connectivity index (χ0n) is 12.3. The molecule has 116 valence electrons. The van der Waals surface area contributed by atoms with Crippen LogP contribution in [0.5, 0.6) is 0 Å². The molecule has 0 fully saturated rings. The van der Waals surface area contributed by atoms with Gasteiger partial charge in [-0.25, -0.2) is 9.18 Å². The lowest BCUT2D eigenvalue weighted by molar-refractivity contribution is -0.137. The van der Waals surface area contributed by atoms with Gasteiger partial charge in [-0.15, -0.1) is 0 Å². The van der Waals surface area contributed by atoms with Crippen molar-refractivity contribution in [3.63, 3.8) is 0 Å². The van der Waals surface area contributed by atoms with Gasteiger partial charge in [0.25, 0.3) is 0 Å². The van der Waals surface area contributed by atoms with E-state index in [0.717, 1.165) is 5.56 Å². The average Bonchev–Trinajstić information content (AvgIpc) is 2.42. The highest BCUT2D eigenvalue weighted by Gasteiger charge is 2.21. The number of nitrogens with one attached hydrogen (secondary N) is 2. The minimum Gasteiger partial charge on any atom is -0.481 e. The average molecular weight is 296 g/mol. The molecule has 0 aromatic heterocycles. The van der Waals surface area contributed by atoms with Gasteiger partial charge < -0.3 is 15.7 Å². The van der Waals surface area contributed by atoms with Crippen LogP contribution in [-0.4, -0.2) is 30.2 Å². The second kappa shape index (κ2) is 7.61. The van der Waals surface area contributed by atoms with Crippen molar-refractivity contribution in [2.75, 3.05) is 13.1 Å². The minimum atomic E-state index is -0.880. The monoisotopic (exact) mass is 296 g/mol. The normalized spacial score (nSPS) is 11.0. The molecule has 0 aliphatic carbocycles. The summed E-state index contributed by atoms with van der Waals surface area (Å²) in [6, 6.07) is 5.84. The molecule has 3 N–H and O–H groups in total. The first-order valence-electron chi connectivity index (χ1n) is 6.81. The van der Waals surface area contributed by atoms with Crippen LogP contribution in [0.2, 0.25) is 0 Å². The van der Waals surface area contributed by atoms with Gasteiger partial charge in [0.15, 0.2) is 0 Å². The Bertz CT molecular complexity index is 486. The van der Waals surface area contributed by atoms with E-state index in [0.29, 0.717) is 19.5 Å². The quantitative estimate of drug-likeness (QED) is 0.675. The Balaban J connectivity index is 2.37. The van der Waals surface area contributed by atoms with E-state index in [4.69, 9.17) is 5.11 Å². The van der Waals surface area contributed by atoms with E-state index in [1.54, 1.807) is 12.1 Å². The molecular formula is C15H21FN2O3. The molecular weight excluding hydrogens is 275 g/mol. The summed E-state index contributed by atoms with van der Waals surface area (Å²) in [6.45, 7) is 4.61. The zero-order valence-corrected chi connectivity index (χ0v) is 12.3. The Labute approximate surface area is 123 Å². The van der Waals surface area contributed by atoms with Crippen LogP contribution in [0.25, 0.3) is 0 Å². The number of amides is 2. The van der Waals surface area contributed by atoms with Gasteiger partial charge in [-0.1, -0.05) is 26.0 Å². The molecule has 2 amide bonds. The Kier molecular flexibility index (Phi) is 6.14. The van der Waals surface area contributed by atoms with Gasteiger partial charge in [-0.3, -0.25) is 4.79 Å². The highest BCUT2D eigenvalue weighted by molar-refractivity contribution is 5.74. The van der Waals surface area contributed by atoms with E-state index in [1.807, 2.05) is 13.8 Å². The molecule has 0 heterocycles. The molecule has 5 nitrogen and oxygen atoms in total. The van der Waals surface area contributed by atoms with Crippen molar-refractivity contribution < 1.29 is 19.1 Å². The second-order valence-corrected chi connectivity index (χ2v) is 5.50. The van der Waals surface area contributed by atoms with Crippen LogP contribution in [0.4, 0.5) is 9.18 Å². The summed E-state index contributed by atoms with van der Waals surface area (Å²) in [7, 11) is 0. The molecule has 1 aromatic rings. The highest BCUT2D eigenvalue weighted by Crippen LogP contribution is 2.22. The molecule has 1 rings (SSSR count). The van der Waals surface area contributed by atoms with Crippen LogP contribution < -0.4 is 10.6 Å². The molecule has 6 heteroatoms. The number of hydrogen-bond acceptors (Lipinski definition) is 2. The number of carbonyl (C=O) groups excluding carboxylic acids is 1. The number of carboxylic acid groups (broad SMARTS) is 1. The maximum absolute atomic E-state index is 12.9. The molecule has 0 atom stereocenters. The lowest BCUT2D eigenvalue weighted by atomic mass is 9.84. The summed E-state index contributed by atoms with van der Waals surface area (Å²) in [5.41, 5.74) is 0.599. The van der Waals surface area contributed by atoms with Crippen LogP contribution in [0, 0.1) is 5.82 Å². The summed E-state index contributed by atoms with van der Waals surface area (Å²) >= 11 is 0. The summed E-state index contributed by atoms with van der Waals surface area (Å²) < 4.78 is 12.9. The van der Waals surface area contributed by atoms with Crippen LogP contribution in [-0.2, 0) is 10.2 Å². The number of halogens is 1. The molecule has 0 saturated heterocycles. The SMILES string of the molecule is CC(C)(CNC(=O)NCCCC(=O)O)c1ccc(F)cc1. The van der Waals surface area contributed by atoms with Gasteiger partial charge in [0.2, 0.25) is 0 Å². The third kappa shape index (κ3) is 6.25. The minimum absolute atomic E-state index is 0.0291.